The fourth-order valence-corrected chi connectivity index (χ4v) is 3.73. The standard InChI is InChI=1S/C24H24F3N3O2/c1-17(31)29-11-13-30(14-12-29)21-4-2-3-20(15-21)28-16-22-9-10-23(32-22)18-5-7-19(8-6-18)24(25,26)27/h2-10,15,28H,11-14,16H2,1H3. The first-order valence-corrected chi connectivity index (χ1v) is 10.4. The minimum atomic E-state index is -4.35. The molecule has 0 aliphatic carbocycles. The van der Waals surface area contributed by atoms with Crippen LogP contribution in [-0.2, 0) is 17.5 Å². The lowest BCUT2D eigenvalue weighted by atomic mass is 10.1. The van der Waals surface area contributed by atoms with E-state index in [0.717, 1.165) is 36.6 Å². The lowest BCUT2D eigenvalue weighted by molar-refractivity contribution is -0.137. The summed E-state index contributed by atoms with van der Waals surface area (Å²) >= 11 is 0. The highest BCUT2D eigenvalue weighted by molar-refractivity contribution is 5.73. The molecule has 0 spiro atoms. The molecule has 1 aliphatic heterocycles. The van der Waals surface area contributed by atoms with E-state index in [1.807, 2.05) is 29.2 Å². The topological polar surface area (TPSA) is 48.7 Å². The lowest BCUT2D eigenvalue weighted by Gasteiger charge is -2.35. The maximum atomic E-state index is 12.7. The molecule has 0 radical (unpaired) electrons. The second kappa shape index (κ2) is 8.98. The number of halogens is 3. The Labute approximate surface area is 184 Å². The van der Waals surface area contributed by atoms with Crippen LogP contribution in [0.5, 0.6) is 0 Å². The van der Waals surface area contributed by atoms with E-state index in [1.165, 1.54) is 12.1 Å². The summed E-state index contributed by atoms with van der Waals surface area (Å²) in [4.78, 5) is 15.6. The van der Waals surface area contributed by atoms with Crippen LogP contribution in [0.15, 0.2) is 65.1 Å². The predicted molar refractivity (Wildman–Crippen MR) is 117 cm³/mol. The van der Waals surface area contributed by atoms with E-state index in [-0.39, 0.29) is 5.91 Å². The molecule has 1 fully saturated rings. The third-order valence-corrected chi connectivity index (χ3v) is 5.56. The van der Waals surface area contributed by atoms with Crippen LogP contribution in [0.2, 0.25) is 0 Å². The van der Waals surface area contributed by atoms with Crippen molar-refractivity contribution in [3.63, 3.8) is 0 Å². The van der Waals surface area contributed by atoms with Crippen molar-refractivity contribution in [2.75, 3.05) is 36.4 Å². The molecule has 1 N–H and O–H groups in total. The summed E-state index contributed by atoms with van der Waals surface area (Å²) in [6, 6.07) is 16.5. The Hall–Kier alpha value is -3.42. The first kappa shape index (κ1) is 21.8. The Kier molecular flexibility index (Phi) is 6.12. The summed E-state index contributed by atoms with van der Waals surface area (Å²) in [7, 11) is 0. The molecule has 1 aliphatic rings. The molecule has 32 heavy (non-hydrogen) atoms. The molecule has 2 aromatic carbocycles. The number of alkyl halides is 3. The average Bonchev–Trinajstić information content (AvgIpc) is 3.27. The highest BCUT2D eigenvalue weighted by Gasteiger charge is 2.30. The number of anilines is 2. The summed E-state index contributed by atoms with van der Waals surface area (Å²) in [5.41, 5.74) is 1.93. The fourth-order valence-electron chi connectivity index (χ4n) is 3.73. The van der Waals surface area contributed by atoms with Crippen molar-refractivity contribution in [2.45, 2.75) is 19.6 Å². The van der Waals surface area contributed by atoms with Crippen molar-refractivity contribution < 1.29 is 22.4 Å². The van der Waals surface area contributed by atoms with Crippen molar-refractivity contribution in [2.24, 2.45) is 0 Å². The van der Waals surface area contributed by atoms with Gasteiger partial charge in [0.2, 0.25) is 5.91 Å². The minimum absolute atomic E-state index is 0.106. The van der Waals surface area contributed by atoms with E-state index >= 15 is 0 Å². The number of carbonyl (C=O) groups is 1. The number of benzene rings is 2. The van der Waals surface area contributed by atoms with Gasteiger partial charge in [-0.05, 0) is 42.5 Å². The molecule has 8 heteroatoms. The van der Waals surface area contributed by atoms with E-state index in [4.69, 9.17) is 4.42 Å². The lowest BCUT2D eigenvalue weighted by Crippen LogP contribution is -2.48. The van der Waals surface area contributed by atoms with Gasteiger partial charge in [0.15, 0.2) is 0 Å². The molecule has 0 bridgehead atoms. The first-order chi connectivity index (χ1) is 15.3. The van der Waals surface area contributed by atoms with Crippen LogP contribution in [0.1, 0.15) is 18.2 Å². The van der Waals surface area contributed by atoms with Crippen LogP contribution in [0.4, 0.5) is 24.5 Å². The number of rotatable bonds is 5. The molecular weight excluding hydrogens is 419 g/mol. The fraction of sp³-hybridized carbons (Fsp3) is 0.292. The van der Waals surface area contributed by atoms with Gasteiger partial charge in [0.25, 0.3) is 0 Å². The third kappa shape index (κ3) is 5.07. The molecule has 0 unspecified atom stereocenters. The van der Waals surface area contributed by atoms with Crippen molar-refractivity contribution in [1.29, 1.82) is 0 Å². The van der Waals surface area contributed by atoms with Gasteiger partial charge in [-0.1, -0.05) is 18.2 Å². The Balaban J connectivity index is 1.36. The van der Waals surface area contributed by atoms with E-state index in [0.29, 0.717) is 36.7 Å². The minimum Gasteiger partial charge on any atom is -0.459 e. The molecule has 0 atom stereocenters. The summed E-state index contributed by atoms with van der Waals surface area (Å²) in [6.07, 6.45) is -4.35. The van der Waals surface area contributed by atoms with Crippen molar-refractivity contribution >= 4 is 17.3 Å². The molecule has 1 aromatic heterocycles. The van der Waals surface area contributed by atoms with E-state index < -0.39 is 11.7 Å². The van der Waals surface area contributed by atoms with Crippen molar-refractivity contribution in [3.05, 3.63) is 72.0 Å². The number of carbonyl (C=O) groups excluding carboxylic acids is 1. The summed E-state index contributed by atoms with van der Waals surface area (Å²) < 4.78 is 44.0. The molecule has 1 amide bonds. The molecule has 2 heterocycles. The van der Waals surface area contributed by atoms with Crippen LogP contribution in [0.3, 0.4) is 0 Å². The summed E-state index contributed by atoms with van der Waals surface area (Å²) in [6.45, 7) is 5.05. The number of hydrogen-bond donors (Lipinski definition) is 1. The Morgan fingerprint density at radius 1 is 1.00 bits per heavy atom. The molecule has 5 nitrogen and oxygen atoms in total. The highest BCUT2D eigenvalue weighted by atomic mass is 19.4. The molecule has 1 saturated heterocycles. The van der Waals surface area contributed by atoms with Gasteiger partial charge in [-0.2, -0.15) is 13.2 Å². The van der Waals surface area contributed by atoms with Crippen LogP contribution < -0.4 is 10.2 Å². The predicted octanol–water partition coefficient (Wildman–Crippen LogP) is 5.25. The largest absolute Gasteiger partial charge is 0.459 e. The van der Waals surface area contributed by atoms with Gasteiger partial charge in [0, 0.05) is 50.0 Å². The number of amides is 1. The third-order valence-electron chi connectivity index (χ3n) is 5.56. The first-order valence-electron chi connectivity index (χ1n) is 10.4. The Bertz CT molecular complexity index is 1070. The van der Waals surface area contributed by atoms with Gasteiger partial charge in [-0.3, -0.25) is 4.79 Å². The number of piperazine rings is 1. The van der Waals surface area contributed by atoms with Gasteiger partial charge in [-0.15, -0.1) is 0 Å². The smallest absolute Gasteiger partial charge is 0.416 e. The number of furan rings is 1. The molecular formula is C24H24F3N3O2. The van der Waals surface area contributed by atoms with Crippen LogP contribution in [0.25, 0.3) is 11.3 Å². The van der Waals surface area contributed by atoms with Crippen molar-refractivity contribution in [1.82, 2.24) is 4.90 Å². The summed E-state index contributed by atoms with van der Waals surface area (Å²) in [5, 5.41) is 3.33. The molecule has 4 rings (SSSR count). The maximum absolute atomic E-state index is 12.7. The SMILES string of the molecule is CC(=O)N1CCN(c2cccc(NCc3ccc(-c4ccc(C(F)(F)F)cc4)o3)c2)CC1. The zero-order valence-corrected chi connectivity index (χ0v) is 17.7. The van der Waals surface area contributed by atoms with Gasteiger partial charge < -0.3 is 19.5 Å². The van der Waals surface area contributed by atoms with Crippen LogP contribution in [-0.4, -0.2) is 37.0 Å². The molecule has 3 aromatic rings. The zero-order valence-electron chi connectivity index (χ0n) is 17.7. The van der Waals surface area contributed by atoms with E-state index in [1.54, 1.807) is 13.0 Å². The normalized spacial score (nSPS) is 14.5. The summed E-state index contributed by atoms with van der Waals surface area (Å²) in [5.74, 6) is 1.31. The highest BCUT2D eigenvalue weighted by Crippen LogP contribution is 2.31. The van der Waals surface area contributed by atoms with Gasteiger partial charge in [0.1, 0.15) is 11.5 Å². The second-order valence-electron chi connectivity index (χ2n) is 7.74. The maximum Gasteiger partial charge on any atom is 0.416 e. The number of nitrogens with one attached hydrogen (secondary N) is 1. The number of nitrogens with zero attached hydrogens (tertiary/aromatic N) is 2. The number of hydrogen-bond acceptors (Lipinski definition) is 4. The Morgan fingerprint density at radius 2 is 1.72 bits per heavy atom. The monoisotopic (exact) mass is 443 g/mol. The second-order valence-corrected chi connectivity index (χ2v) is 7.74. The van der Waals surface area contributed by atoms with Gasteiger partial charge in [-0.25, -0.2) is 0 Å². The van der Waals surface area contributed by atoms with Crippen molar-refractivity contribution in [3.8, 4) is 11.3 Å². The van der Waals surface area contributed by atoms with Crippen LogP contribution >= 0.6 is 0 Å². The average molecular weight is 443 g/mol. The zero-order chi connectivity index (χ0) is 22.7. The molecule has 0 saturated carbocycles. The van der Waals surface area contributed by atoms with Crippen LogP contribution in [0, 0.1) is 0 Å². The van der Waals surface area contributed by atoms with E-state index in [2.05, 4.69) is 16.3 Å². The quantitative estimate of drug-likeness (QED) is 0.586. The van der Waals surface area contributed by atoms with Gasteiger partial charge >= 0.3 is 6.18 Å². The van der Waals surface area contributed by atoms with E-state index in [9.17, 15) is 18.0 Å². The van der Waals surface area contributed by atoms with Gasteiger partial charge in [0.05, 0.1) is 12.1 Å². The molecule has 168 valence electrons. The Morgan fingerprint density at radius 3 is 2.38 bits per heavy atom.